The SMILES string of the molecule is CCCCc1ccc(Oc2nc(Cl)nc(NCC)n2)cc1. The van der Waals surface area contributed by atoms with Crippen molar-refractivity contribution in [2.45, 2.75) is 33.1 Å². The fourth-order valence-corrected chi connectivity index (χ4v) is 1.98. The molecule has 0 saturated carbocycles. The largest absolute Gasteiger partial charge is 0.424 e. The molecule has 1 aromatic carbocycles. The maximum absolute atomic E-state index is 5.85. The van der Waals surface area contributed by atoms with E-state index in [1.165, 1.54) is 18.4 Å². The van der Waals surface area contributed by atoms with Gasteiger partial charge in [0.25, 0.3) is 0 Å². The van der Waals surface area contributed by atoms with Crippen molar-refractivity contribution in [1.82, 2.24) is 15.0 Å². The van der Waals surface area contributed by atoms with Gasteiger partial charge in [0, 0.05) is 6.54 Å². The molecule has 0 aliphatic heterocycles. The molecule has 0 amide bonds. The lowest BCUT2D eigenvalue weighted by atomic mass is 10.1. The number of hydrogen-bond donors (Lipinski definition) is 1. The second-order valence-corrected chi connectivity index (χ2v) is 4.93. The van der Waals surface area contributed by atoms with Crippen LogP contribution in [0.1, 0.15) is 32.3 Å². The van der Waals surface area contributed by atoms with Crippen LogP contribution in [-0.4, -0.2) is 21.5 Å². The lowest BCUT2D eigenvalue weighted by Gasteiger charge is -2.07. The van der Waals surface area contributed by atoms with Gasteiger partial charge in [0.05, 0.1) is 0 Å². The molecule has 0 saturated heterocycles. The zero-order valence-corrected chi connectivity index (χ0v) is 13.0. The van der Waals surface area contributed by atoms with Crippen molar-refractivity contribution >= 4 is 17.5 Å². The highest BCUT2D eigenvalue weighted by Gasteiger charge is 2.06. The number of rotatable bonds is 7. The van der Waals surface area contributed by atoms with E-state index in [0.717, 1.165) is 6.42 Å². The first-order valence-corrected chi connectivity index (χ1v) is 7.51. The summed E-state index contributed by atoms with van der Waals surface area (Å²) < 4.78 is 5.62. The number of anilines is 1. The lowest BCUT2D eigenvalue weighted by Crippen LogP contribution is -2.04. The molecule has 21 heavy (non-hydrogen) atoms. The molecule has 6 heteroatoms. The number of hydrogen-bond acceptors (Lipinski definition) is 5. The van der Waals surface area contributed by atoms with Crippen molar-refractivity contribution in [3.8, 4) is 11.8 Å². The highest BCUT2D eigenvalue weighted by molar-refractivity contribution is 6.28. The van der Waals surface area contributed by atoms with Gasteiger partial charge in [-0.2, -0.15) is 15.0 Å². The number of halogens is 1. The minimum atomic E-state index is 0.107. The lowest BCUT2D eigenvalue weighted by molar-refractivity contribution is 0.440. The Bertz CT molecular complexity index is 574. The molecule has 1 heterocycles. The Hall–Kier alpha value is -1.88. The van der Waals surface area contributed by atoms with Gasteiger partial charge in [-0.25, -0.2) is 0 Å². The summed E-state index contributed by atoms with van der Waals surface area (Å²) in [6, 6.07) is 8.12. The summed E-state index contributed by atoms with van der Waals surface area (Å²) >= 11 is 5.85. The third-order valence-corrected chi connectivity index (χ3v) is 3.04. The molecule has 1 N–H and O–H groups in total. The average Bonchev–Trinajstić information content (AvgIpc) is 2.46. The topological polar surface area (TPSA) is 59.9 Å². The number of nitrogens with one attached hydrogen (secondary N) is 1. The Labute approximate surface area is 129 Å². The Balaban J connectivity index is 2.07. The summed E-state index contributed by atoms with van der Waals surface area (Å²) in [6.07, 6.45) is 3.46. The van der Waals surface area contributed by atoms with Gasteiger partial charge in [-0.15, -0.1) is 0 Å². The highest BCUT2D eigenvalue weighted by Crippen LogP contribution is 2.21. The van der Waals surface area contributed by atoms with Crippen LogP contribution in [0, 0.1) is 0 Å². The van der Waals surface area contributed by atoms with Crippen LogP contribution in [0.5, 0.6) is 11.8 Å². The van der Waals surface area contributed by atoms with E-state index in [-0.39, 0.29) is 11.3 Å². The molecule has 0 spiro atoms. The fraction of sp³-hybridized carbons (Fsp3) is 0.400. The fourth-order valence-electron chi connectivity index (χ4n) is 1.83. The summed E-state index contributed by atoms with van der Waals surface area (Å²) in [5, 5.41) is 3.09. The molecule has 0 fully saturated rings. The van der Waals surface area contributed by atoms with Crippen LogP contribution in [0.2, 0.25) is 5.28 Å². The summed E-state index contributed by atoms with van der Waals surface area (Å²) in [5.41, 5.74) is 1.30. The first-order valence-electron chi connectivity index (χ1n) is 7.13. The zero-order valence-electron chi connectivity index (χ0n) is 12.3. The monoisotopic (exact) mass is 306 g/mol. The number of unbranched alkanes of at least 4 members (excludes halogenated alkanes) is 1. The van der Waals surface area contributed by atoms with Gasteiger partial charge in [0.15, 0.2) is 0 Å². The number of benzene rings is 1. The van der Waals surface area contributed by atoms with Gasteiger partial charge < -0.3 is 10.1 Å². The van der Waals surface area contributed by atoms with Crippen molar-refractivity contribution < 1.29 is 4.74 Å². The number of aryl methyl sites for hydroxylation is 1. The van der Waals surface area contributed by atoms with Gasteiger partial charge in [0.1, 0.15) is 5.75 Å². The van der Waals surface area contributed by atoms with Gasteiger partial charge in [-0.1, -0.05) is 25.5 Å². The van der Waals surface area contributed by atoms with E-state index < -0.39 is 0 Å². The van der Waals surface area contributed by atoms with Crippen molar-refractivity contribution in [3.05, 3.63) is 35.1 Å². The van der Waals surface area contributed by atoms with Crippen molar-refractivity contribution in [3.63, 3.8) is 0 Å². The van der Waals surface area contributed by atoms with Crippen LogP contribution in [0.3, 0.4) is 0 Å². The molecule has 0 bridgehead atoms. The minimum absolute atomic E-state index is 0.107. The molecule has 0 atom stereocenters. The first kappa shape index (κ1) is 15.5. The van der Waals surface area contributed by atoms with E-state index >= 15 is 0 Å². The summed E-state index contributed by atoms with van der Waals surface area (Å²) in [4.78, 5) is 12.1. The third kappa shape index (κ3) is 4.86. The van der Waals surface area contributed by atoms with E-state index in [1.54, 1.807) is 0 Å². The zero-order chi connectivity index (χ0) is 15.1. The van der Waals surface area contributed by atoms with Crippen molar-refractivity contribution in [2.24, 2.45) is 0 Å². The van der Waals surface area contributed by atoms with E-state index in [1.807, 2.05) is 19.1 Å². The molecule has 5 nitrogen and oxygen atoms in total. The molecule has 2 rings (SSSR count). The molecule has 2 aromatic rings. The van der Waals surface area contributed by atoms with Crippen LogP contribution < -0.4 is 10.1 Å². The van der Waals surface area contributed by atoms with Gasteiger partial charge in [-0.3, -0.25) is 0 Å². The normalized spacial score (nSPS) is 10.4. The second kappa shape index (κ2) is 7.78. The maximum atomic E-state index is 5.85. The molecule has 0 aliphatic rings. The molecular formula is C15H19ClN4O. The van der Waals surface area contributed by atoms with Crippen molar-refractivity contribution in [2.75, 3.05) is 11.9 Å². The van der Waals surface area contributed by atoms with E-state index in [4.69, 9.17) is 16.3 Å². The third-order valence-electron chi connectivity index (χ3n) is 2.87. The van der Waals surface area contributed by atoms with Gasteiger partial charge >= 0.3 is 6.01 Å². The molecular weight excluding hydrogens is 288 g/mol. The van der Waals surface area contributed by atoms with Crippen LogP contribution in [0.4, 0.5) is 5.95 Å². The van der Waals surface area contributed by atoms with Crippen LogP contribution in [0.25, 0.3) is 0 Å². The Morgan fingerprint density at radius 2 is 1.86 bits per heavy atom. The van der Waals surface area contributed by atoms with E-state index in [2.05, 4.69) is 39.3 Å². The Kier molecular flexibility index (Phi) is 5.75. The average molecular weight is 307 g/mol. The maximum Gasteiger partial charge on any atom is 0.328 e. The molecule has 0 unspecified atom stereocenters. The first-order chi connectivity index (χ1) is 10.2. The predicted octanol–water partition coefficient (Wildman–Crippen LogP) is 4.09. The summed E-state index contributed by atoms with van der Waals surface area (Å²) in [6.45, 7) is 4.84. The molecule has 0 radical (unpaired) electrons. The second-order valence-electron chi connectivity index (χ2n) is 4.59. The van der Waals surface area contributed by atoms with Crippen molar-refractivity contribution in [1.29, 1.82) is 0 Å². The number of aromatic nitrogens is 3. The standard InChI is InChI=1S/C15H19ClN4O/c1-3-5-6-11-7-9-12(10-8-11)21-15-19-13(16)18-14(20-15)17-4-2/h7-10H,3-6H2,1-2H3,(H,17,18,19,20). The smallest absolute Gasteiger partial charge is 0.328 e. The molecule has 1 aromatic heterocycles. The van der Waals surface area contributed by atoms with E-state index in [9.17, 15) is 0 Å². The molecule has 112 valence electrons. The Morgan fingerprint density at radius 1 is 1.10 bits per heavy atom. The highest BCUT2D eigenvalue weighted by atomic mass is 35.5. The van der Waals surface area contributed by atoms with Gasteiger partial charge in [0.2, 0.25) is 11.2 Å². The number of ether oxygens (including phenoxy) is 1. The minimum Gasteiger partial charge on any atom is -0.424 e. The summed E-state index contributed by atoms with van der Waals surface area (Å²) in [5.74, 6) is 1.09. The van der Waals surface area contributed by atoms with Crippen LogP contribution >= 0.6 is 11.6 Å². The van der Waals surface area contributed by atoms with Crippen LogP contribution in [-0.2, 0) is 6.42 Å². The molecule has 0 aliphatic carbocycles. The quantitative estimate of drug-likeness (QED) is 0.834. The summed E-state index contributed by atoms with van der Waals surface area (Å²) in [7, 11) is 0. The Morgan fingerprint density at radius 3 is 2.52 bits per heavy atom. The predicted molar refractivity (Wildman–Crippen MR) is 84.1 cm³/mol. The van der Waals surface area contributed by atoms with Crippen LogP contribution in [0.15, 0.2) is 24.3 Å². The number of nitrogens with zero attached hydrogens (tertiary/aromatic N) is 3. The van der Waals surface area contributed by atoms with E-state index in [0.29, 0.717) is 18.2 Å². The van der Waals surface area contributed by atoms with Gasteiger partial charge in [-0.05, 0) is 49.1 Å².